The number of thiophene rings is 1. The number of hydrogen-bond donors (Lipinski definition) is 1. The first kappa shape index (κ1) is 21.3. The molecule has 1 aliphatic rings. The van der Waals surface area contributed by atoms with Crippen LogP contribution in [0.15, 0.2) is 40.8 Å². The van der Waals surface area contributed by atoms with Gasteiger partial charge in [-0.3, -0.25) is 4.79 Å². The standard InChI is InChI=1S/C22H24N4O3S2/c1-28-16-9-8-15(13-17(16)29-2)21(27)25-23-14-19-20(18-7-6-12-30-18)24-22(31-19)26-10-4-3-5-11-26/h6-9,12-14H,3-5,10-11H2,1-2H3,(H,25,27). The summed E-state index contributed by atoms with van der Waals surface area (Å²) in [5, 5.41) is 7.25. The first-order valence-electron chi connectivity index (χ1n) is 10.0. The number of amides is 1. The SMILES string of the molecule is COc1ccc(C(=O)NN=Cc2sc(N3CCCCC3)nc2-c2cccs2)cc1OC. The minimum Gasteiger partial charge on any atom is -0.493 e. The highest BCUT2D eigenvalue weighted by Gasteiger charge is 2.19. The summed E-state index contributed by atoms with van der Waals surface area (Å²) in [5.41, 5.74) is 3.94. The smallest absolute Gasteiger partial charge is 0.271 e. The Balaban J connectivity index is 1.52. The largest absolute Gasteiger partial charge is 0.493 e. The minimum absolute atomic E-state index is 0.323. The van der Waals surface area contributed by atoms with Gasteiger partial charge in [0.05, 0.1) is 30.2 Å². The molecule has 0 bridgehead atoms. The number of hydrogen-bond acceptors (Lipinski definition) is 8. The van der Waals surface area contributed by atoms with Crippen LogP contribution in [0.2, 0.25) is 0 Å². The molecule has 0 radical (unpaired) electrons. The van der Waals surface area contributed by atoms with Gasteiger partial charge in [0.15, 0.2) is 16.6 Å². The number of carbonyl (C=O) groups is 1. The third kappa shape index (κ3) is 4.88. The lowest BCUT2D eigenvalue weighted by Gasteiger charge is -2.25. The van der Waals surface area contributed by atoms with Crippen LogP contribution >= 0.6 is 22.7 Å². The van der Waals surface area contributed by atoms with Gasteiger partial charge in [0, 0.05) is 18.7 Å². The van der Waals surface area contributed by atoms with Crippen LogP contribution in [0.25, 0.3) is 10.6 Å². The van der Waals surface area contributed by atoms with E-state index in [4.69, 9.17) is 14.5 Å². The number of thiazole rings is 1. The third-order valence-corrected chi connectivity index (χ3v) is 6.94. The van der Waals surface area contributed by atoms with Crippen molar-refractivity contribution in [2.75, 3.05) is 32.2 Å². The van der Waals surface area contributed by atoms with Crippen LogP contribution in [-0.4, -0.2) is 44.4 Å². The van der Waals surface area contributed by atoms with Gasteiger partial charge in [-0.05, 0) is 48.9 Å². The predicted octanol–water partition coefficient (Wildman–Crippen LogP) is 4.64. The van der Waals surface area contributed by atoms with Crippen LogP contribution in [0, 0.1) is 0 Å². The zero-order chi connectivity index (χ0) is 21.6. The van der Waals surface area contributed by atoms with E-state index in [1.807, 2.05) is 11.4 Å². The number of aromatic nitrogens is 1. The molecule has 1 aliphatic heterocycles. The van der Waals surface area contributed by atoms with Gasteiger partial charge in [-0.2, -0.15) is 5.10 Å². The lowest BCUT2D eigenvalue weighted by molar-refractivity contribution is 0.0954. The summed E-state index contributed by atoms with van der Waals surface area (Å²) >= 11 is 3.25. The Kier molecular flexibility index (Phi) is 6.83. The van der Waals surface area contributed by atoms with Gasteiger partial charge in [-0.15, -0.1) is 11.3 Å². The molecule has 162 valence electrons. The Labute approximate surface area is 189 Å². The van der Waals surface area contributed by atoms with Gasteiger partial charge < -0.3 is 14.4 Å². The molecule has 0 aliphatic carbocycles. The van der Waals surface area contributed by atoms with E-state index < -0.39 is 0 Å². The van der Waals surface area contributed by atoms with E-state index in [-0.39, 0.29) is 5.91 Å². The van der Waals surface area contributed by atoms with Gasteiger partial charge in [-0.1, -0.05) is 17.4 Å². The molecule has 0 atom stereocenters. The van der Waals surface area contributed by atoms with Crippen molar-refractivity contribution in [1.29, 1.82) is 0 Å². The van der Waals surface area contributed by atoms with Crippen molar-refractivity contribution in [3.05, 3.63) is 46.2 Å². The van der Waals surface area contributed by atoms with Crippen LogP contribution in [0.3, 0.4) is 0 Å². The highest BCUT2D eigenvalue weighted by atomic mass is 32.1. The van der Waals surface area contributed by atoms with Gasteiger partial charge in [0.2, 0.25) is 0 Å². The maximum Gasteiger partial charge on any atom is 0.271 e. The second kappa shape index (κ2) is 9.93. The summed E-state index contributed by atoms with van der Waals surface area (Å²) in [6, 6.07) is 9.06. The Bertz CT molecular complexity index is 1060. The molecule has 7 nitrogen and oxygen atoms in total. The lowest BCUT2D eigenvalue weighted by atomic mass is 10.1. The van der Waals surface area contributed by atoms with E-state index in [1.54, 1.807) is 54.2 Å². The number of methoxy groups -OCH3 is 2. The zero-order valence-corrected chi connectivity index (χ0v) is 19.1. The van der Waals surface area contributed by atoms with Crippen molar-refractivity contribution >= 4 is 39.9 Å². The molecule has 4 rings (SSSR count). The second-order valence-corrected chi connectivity index (χ2v) is 8.96. The second-order valence-electron chi connectivity index (χ2n) is 7.00. The number of rotatable bonds is 7. The van der Waals surface area contributed by atoms with Crippen molar-refractivity contribution in [2.24, 2.45) is 5.10 Å². The Morgan fingerprint density at radius 1 is 1.16 bits per heavy atom. The van der Waals surface area contributed by atoms with E-state index in [0.29, 0.717) is 17.1 Å². The number of hydrazone groups is 1. The normalized spacial score (nSPS) is 14.1. The van der Waals surface area contributed by atoms with E-state index in [2.05, 4.69) is 21.5 Å². The summed E-state index contributed by atoms with van der Waals surface area (Å²) < 4.78 is 10.5. The zero-order valence-electron chi connectivity index (χ0n) is 17.5. The molecule has 0 saturated carbocycles. The number of nitrogens with zero attached hydrogens (tertiary/aromatic N) is 3. The molecule has 1 saturated heterocycles. The molecule has 3 aromatic rings. The molecule has 1 fully saturated rings. The number of nitrogens with one attached hydrogen (secondary N) is 1. The minimum atomic E-state index is -0.323. The quantitative estimate of drug-likeness (QED) is 0.414. The van der Waals surface area contributed by atoms with Crippen LogP contribution in [0.5, 0.6) is 11.5 Å². The first-order valence-corrected chi connectivity index (χ1v) is 11.7. The highest BCUT2D eigenvalue weighted by Crippen LogP contribution is 2.35. The van der Waals surface area contributed by atoms with Gasteiger partial charge in [0.25, 0.3) is 5.91 Å². The average molecular weight is 457 g/mol. The fourth-order valence-corrected chi connectivity index (χ4v) is 5.21. The summed E-state index contributed by atoms with van der Waals surface area (Å²) in [5.74, 6) is 0.737. The summed E-state index contributed by atoms with van der Waals surface area (Å²) in [6.07, 6.45) is 5.34. The predicted molar refractivity (Wildman–Crippen MR) is 126 cm³/mol. The molecule has 2 aromatic heterocycles. The molecule has 1 N–H and O–H groups in total. The van der Waals surface area contributed by atoms with Gasteiger partial charge >= 0.3 is 0 Å². The molecular weight excluding hydrogens is 432 g/mol. The van der Waals surface area contributed by atoms with Crippen molar-refractivity contribution < 1.29 is 14.3 Å². The highest BCUT2D eigenvalue weighted by molar-refractivity contribution is 7.18. The lowest BCUT2D eigenvalue weighted by Crippen LogP contribution is -2.29. The number of benzene rings is 1. The average Bonchev–Trinajstić information content (AvgIpc) is 3.49. The fraction of sp³-hybridized carbons (Fsp3) is 0.318. The molecule has 3 heterocycles. The van der Waals surface area contributed by atoms with Crippen molar-refractivity contribution in [3.8, 4) is 22.1 Å². The molecule has 0 spiro atoms. The summed E-state index contributed by atoms with van der Waals surface area (Å²) in [7, 11) is 3.09. The molecule has 1 aromatic carbocycles. The molecule has 9 heteroatoms. The van der Waals surface area contributed by atoms with Crippen molar-refractivity contribution in [2.45, 2.75) is 19.3 Å². The van der Waals surface area contributed by atoms with Crippen LogP contribution < -0.4 is 19.8 Å². The molecule has 1 amide bonds. The van der Waals surface area contributed by atoms with Gasteiger partial charge in [-0.25, -0.2) is 10.4 Å². The summed E-state index contributed by atoms with van der Waals surface area (Å²) in [6.45, 7) is 2.06. The fourth-order valence-electron chi connectivity index (χ4n) is 3.41. The molecule has 0 unspecified atom stereocenters. The first-order chi connectivity index (χ1) is 15.2. The van der Waals surface area contributed by atoms with Crippen LogP contribution in [-0.2, 0) is 0 Å². The third-order valence-electron chi connectivity index (χ3n) is 5.02. The molecule has 31 heavy (non-hydrogen) atoms. The Morgan fingerprint density at radius 3 is 2.68 bits per heavy atom. The summed E-state index contributed by atoms with van der Waals surface area (Å²) in [4.78, 5) is 21.8. The van der Waals surface area contributed by atoms with Gasteiger partial charge in [0.1, 0.15) is 5.69 Å². The Hall–Kier alpha value is -2.91. The monoisotopic (exact) mass is 456 g/mol. The van der Waals surface area contributed by atoms with Crippen LogP contribution in [0.4, 0.5) is 5.13 Å². The van der Waals surface area contributed by atoms with E-state index in [0.717, 1.165) is 33.7 Å². The topological polar surface area (TPSA) is 76.0 Å². The van der Waals surface area contributed by atoms with Crippen molar-refractivity contribution in [3.63, 3.8) is 0 Å². The van der Waals surface area contributed by atoms with E-state index in [1.165, 1.54) is 26.4 Å². The molecular formula is C22H24N4O3S2. The van der Waals surface area contributed by atoms with E-state index in [9.17, 15) is 4.79 Å². The Morgan fingerprint density at radius 2 is 1.97 bits per heavy atom. The van der Waals surface area contributed by atoms with E-state index >= 15 is 0 Å². The number of anilines is 1. The van der Waals surface area contributed by atoms with Crippen molar-refractivity contribution in [1.82, 2.24) is 10.4 Å². The maximum absolute atomic E-state index is 12.5. The number of ether oxygens (including phenoxy) is 2. The van der Waals surface area contributed by atoms with Crippen LogP contribution in [0.1, 0.15) is 34.5 Å². The maximum atomic E-state index is 12.5. The number of carbonyl (C=O) groups excluding carboxylic acids is 1. The number of piperidine rings is 1.